The quantitative estimate of drug-likeness (QED) is 0.833. The normalized spacial score (nSPS) is 15.1. The summed E-state index contributed by atoms with van der Waals surface area (Å²) in [5.74, 6) is 0.0846. The van der Waals surface area contributed by atoms with Crippen LogP contribution in [0.4, 0.5) is 0 Å². The van der Waals surface area contributed by atoms with Crippen molar-refractivity contribution >= 4 is 17.7 Å². The molecule has 2 aromatic carbocycles. The SMILES string of the molecule is Cc1ccc(C=CC2=NN(Cc3ccccc3)C(=O)CC2)cc1. The van der Waals surface area contributed by atoms with Gasteiger partial charge in [-0.15, -0.1) is 0 Å². The molecular weight excluding hydrogens is 284 g/mol. The third-order valence-electron chi connectivity index (χ3n) is 3.85. The number of hydrogen-bond donors (Lipinski definition) is 0. The summed E-state index contributed by atoms with van der Waals surface area (Å²) in [7, 11) is 0. The number of benzene rings is 2. The van der Waals surface area contributed by atoms with E-state index in [9.17, 15) is 4.79 Å². The number of hydrazone groups is 1. The summed E-state index contributed by atoms with van der Waals surface area (Å²) in [5, 5.41) is 6.08. The molecule has 0 aliphatic carbocycles. The second kappa shape index (κ2) is 7.05. The number of aryl methyl sites for hydroxylation is 1. The maximum atomic E-state index is 12.1. The Labute approximate surface area is 136 Å². The summed E-state index contributed by atoms with van der Waals surface area (Å²) in [5.41, 5.74) is 4.43. The molecule has 1 amide bonds. The number of amides is 1. The van der Waals surface area contributed by atoms with E-state index in [0.29, 0.717) is 19.4 Å². The van der Waals surface area contributed by atoms with Crippen molar-refractivity contribution in [2.45, 2.75) is 26.3 Å². The van der Waals surface area contributed by atoms with Crippen molar-refractivity contribution in [1.29, 1.82) is 0 Å². The molecule has 1 aliphatic heterocycles. The molecule has 0 radical (unpaired) electrons. The number of hydrogen-bond acceptors (Lipinski definition) is 2. The number of carbonyl (C=O) groups is 1. The van der Waals surface area contributed by atoms with Gasteiger partial charge in [0, 0.05) is 12.8 Å². The molecule has 0 spiro atoms. The van der Waals surface area contributed by atoms with Crippen molar-refractivity contribution < 1.29 is 4.79 Å². The molecule has 3 rings (SSSR count). The molecule has 0 bridgehead atoms. The first-order valence-electron chi connectivity index (χ1n) is 7.87. The molecule has 23 heavy (non-hydrogen) atoms. The van der Waals surface area contributed by atoms with E-state index in [1.165, 1.54) is 5.56 Å². The summed E-state index contributed by atoms with van der Waals surface area (Å²) >= 11 is 0. The molecule has 2 aromatic rings. The summed E-state index contributed by atoms with van der Waals surface area (Å²) in [6.07, 6.45) is 5.28. The maximum absolute atomic E-state index is 12.1. The van der Waals surface area contributed by atoms with Crippen molar-refractivity contribution in [1.82, 2.24) is 5.01 Å². The fraction of sp³-hybridized carbons (Fsp3) is 0.200. The fourth-order valence-electron chi connectivity index (χ4n) is 2.49. The summed E-state index contributed by atoms with van der Waals surface area (Å²) in [6.45, 7) is 2.60. The second-order valence-corrected chi connectivity index (χ2v) is 5.77. The van der Waals surface area contributed by atoms with Crippen molar-refractivity contribution in [2.75, 3.05) is 0 Å². The van der Waals surface area contributed by atoms with Gasteiger partial charge >= 0.3 is 0 Å². The van der Waals surface area contributed by atoms with E-state index in [1.807, 2.05) is 36.4 Å². The predicted octanol–water partition coefficient (Wildman–Crippen LogP) is 4.19. The molecule has 3 nitrogen and oxygen atoms in total. The Hall–Kier alpha value is -2.68. The van der Waals surface area contributed by atoms with E-state index >= 15 is 0 Å². The molecule has 1 aliphatic rings. The lowest BCUT2D eigenvalue weighted by atomic mass is 10.1. The van der Waals surface area contributed by atoms with Gasteiger partial charge in [0.2, 0.25) is 5.91 Å². The molecule has 1 heterocycles. The Kier molecular flexibility index (Phi) is 4.67. The fourth-order valence-corrected chi connectivity index (χ4v) is 2.49. The Morgan fingerprint density at radius 1 is 1.00 bits per heavy atom. The first-order chi connectivity index (χ1) is 11.2. The highest BCUT2D eigenvalue weighted by molar-refractivity contribution is 6.02. The number of rotatable bonds is 4. The summed E-state index contributed by atoms with van der Waals surface area (Å²) < 4.78 is 0. The van der Waals surface area contributed by atoms with Gasteiger partial charge in [-0.2, -0.15) is 5.10 Å². The number of nitrogens with zero attached hydrogens (tertiary/aromatic N) is 2. The third kappa shape index (κ3) is 4.16. The van der Waals surface area contributed by atoms with E-state index in [2.05, 4.69) is 42.4 Å². The monoisotopic (exact) mass is 304 g/mol. The Morgan fingerprint density at radius 3 is 2.48 bits per heavy atom. The largest absolute Gasteiger partial charge is 0.273 e. The van der Waals surface area contributed by atoms with Gasteiger partial charge < -0.3 is 0 Å². The van der Waals surface area contributed by atoms with Gasteiger partial charge in [0.25, 0.3) is 0 Å². The topological polar surface area (TPSA) is 32.7 Å². The van der Waals surface area contributed by atoms with Crippen LogP contribution >= 0.6 is 0 Å². The minimum absolute atomic E-state index is 0.0846. The molecule has 0 aromatic heterocycles. The molecule has 0 N–H and O–H groups in total. The molecule has 0 fully saturated rings. The van der Waals surface area contributed by atoms with Crippen LogP contribution in [-0.2, 0) is 11.3 Å². The van der Waals surface area contributed by atoms with Crippen LogP contribution in [0.3, 0.4) is 0 Å². The van der Waals surface area contributed by atoms with Gasteiger partial charge in [-0.25, -0.2) is 5.01 Å². The smallest absolute Gasteiger partial charge is 0.243 e. The number of carbonyl (C=O) groups excluding carboxylic acids is 1. The first kappa shape index (κ1) is 15.2. The van der Waals surface area contributed by atoms with Crippen LogP contribution in [0.1, 0.15) is 29.5 Å². The summed E-state index contributed by atoms with van der Waals surface area (Å²) in [4.78, 5) is 12.1. The van der Waals surface area contributed by atoms with Crippen LogP contribution in [0.2, 0.25) is 0 Å². The lowest BCUT2D eigenvalue weighted by molar-refractivity contribution is -0.132. The highest BCUT2D eigenvalue weighted by atomic mass is 16.2. The Morgan fingerprint density at radius 2 is 1.74 bits per heavy atom. The molecule has 0 unspecified atom stereocenters. The molecule has 0 atom stereocenters. The zero-order valence-corrected chi connectivity index (χ0v) is 13.3. The summed E-state index contributed by atoms with van der Waals surface area (Å²) in [6, 6.07) is 18.3. The van der Waals surface area contributed by atoms with Gasteiger partial charge in [-0.05, 0) is 24.1 Å². The van der Waals surface area contributed by atoms with Crippen LogP contribution in [0.25, 0.3) is 6.08 Å². The van der Waals surface area contributed by atoms with Crippen LogP contribution in [-0.4, -0.2) is 16.6 Å². The molecule has 0 saturated carbocycles. The van der Waals surface area contributed by atoms with E-state index < -0.39 is 0 Å². The molecule has 3 heteroatoms. The van der Waals surface area contributed by atoms with E-state index in [4.69, 9.17) is 0 Å². The van der Waals surface area contributed by atoms with Gasteiger partial charge in [0.05, 0.1) is 12.3 Å². The van der Waals surface area contributed by atoms with E-state index in [0.717, 1.165) is 16.8 Å². The lowest BCUT2D eigenvalue weighted by Gasteiger charge is -2.22. The average molecular weight is 304 g/mol. The lowest BCUT2D eigenvalue weighted by Crippen LogP contribution is -2.30. The van der Waals surface area contributed by atoms with Crippen LogP contribution in [0.15, 0.2) is 65.8 Å². The Bertz CT molecular complexity index is 730. The maximum Gasteiger partial charge on any atom is 0.243 e. The van der Waals surface area contributed by atoms with Crippen molar-refractivity contribution in [3.05, 3.63) is 77.4 Å². The van der Waals surface area contributed by atoms with Crippen molar-refractivity contribution in [3.63, 3.8) is 0 Å². The van der Waals surface area contributed by atoms with Gasteiger partial charge in [0.15, 0.2) is 0 Å². The molecule has 0 saturated heterocycles. The third-order valence-corrected chi connectivity index (χ3v) is 3.85. The standard InChI is InChI=1S/C20H20N2O/c1-16-7-9-17(10-8-16)11-12-19-13-14-20(23)22(21-19)15-18-5-3-2-4-6-18/h2-12H,13-15H2,1H3. The second-order valence-electron chi connectivity index (χ2n) is 5.77. The van der Waals surface area contributed by atoms with Gasteiger partial charge in [-0.3, -0.25) is 4.79 Å². The Balaban J connectivity index is 1.73. The van der Waals surface area contributed by atoms with E-state index in [-0.39, 0.29) is 5.91 Å². The van der Waals surface area contributed by atoms with Crippen LogP contribution in [0.5, 0.6) is 0 Å². The van der Waals surface area contributed by atoms with E-state index in [1.54, 1.807) is 5.01 Å². The van der Waals surface area contributed by atoms with Crippen molar-refractivity contribution in [3.8, 4) is 0 Å². The predicted molar refractivity (Wildman–Crippen MR) is 93.9 cm³/mol. The molecule has 116 valence electrons. The van der Waals surface area contributed by atoms with Crippen LogP contribution in [0, 0.1) is 6.92 Å². The van der Waals surface area contributed by atoms with Crippen LogP contribution < -0.4 is 0 Å². The first-order valence-corrected chi connectivity index (χ1v) is 7.87. The average Bonchev–Trinajstić information content (AvgIpc) is 2.58. The minimum Gasteiger partial charge on any atom is -0.273 e. The zero-order chi connectivity index (χ0) is 16.1. The zero-order valence-electron chi connectivity index (χ0n) is 13.3. The highest BCUT2D eigenvalue weighted by Crippen LogP contribution is 2.15. The van der Waals surface area contributed by atoms with Gasteiger partial charge in [-0.1, -0.05) is 66.2 Å². The number of allylic oxidation sites excluding steroid dienone is 1. The minimum atomic E-state index is 0.0846. The van der Waals surface area contributed by atoms with Crippen molar-refractivity contribution in [2.24, 2.45) is 5.10 Å². The highest BCUT2D eigenvalue weighted by Gasteiger charge is 2.19. The molecular formula is C20H20N2O. The van der Waals surface area contributed by atoms with Gasteiger partial charge in [0.1, 0.15) is 0 Å².